The summed E-state index contributed by atoms with van der Waals surface area (Å²) in [7, 11) is 0. The van der Waals surface area contributed by atoms with Gasteiger partial charge < -0.3 is 0 Å². The summed E-state index contributed by atoms with van der Waals surface area (Å²) in [5.74, 6) is -0.794. The van der Waals surface area contributed by atoms with Crippen LogP contribution in [0.15, 0.2) is 42.5 Å². The lowest BCUT2D eigenvalue weighted by Crippen LogP contribution is -2.16. The second kappa shape index (κ2) is 18.1. The molecule has 0 fully saturated rings. The number of ketones is 2. The predicted molar refractivity (Wildman–Crippen MR) is 154 cm³/mol. The number of unbranched alkanes of at least 4 members (excludes halogenated alkanes) is 15. The van der Waals surface area contributed by atoms with E-state index in [1.54, 1.807) is 12.1 Å². The van der Waals surface area contributed by atoms with Crippen molar-refractivity contribution in [1.82, 2.24) is 0 Å². The summed E-state index contributed by atoms with van der Waals surface area (Å²) in [6.07, 6.45) is 22.5. The number of benzene rings is 2. The van der Waals surface area contributed by atoms with Crippen LogP contribution in [0.1, 0.15) is 147 Å². The fourth-order valence-corrected chi connectivity index (χ4v) is 4.97. The second-order valence-electron chi connectivity index (χ2n) is 10.7. The molecule has 0 spiro atoms. The van der Waals surface area contributed by atoms with E-state index < -0.39 is 5.78 Å². The number of Topliss-reactive ketones (excluding diaryl/α,β-unsaturated/α-hetero) is 2. The Balaban J connectivity index is 1.60. The number of aryl methyl sites for hydroxylation is 3. The lowest BCUT2D eigenvalue weighted by atomic mass is 9.93. The highest BCUT2D eigenvalue weighted by Crippen LogP contribution is 2.19. The van der Waals surface area contributed by atoms with Crippen LogP contribution in [0.3, 0.4) is 0 Å². The molecule has 2 aromatic rings. The average molecular weight is 491 g/mol. The molecule has 2 aromatic carbocycles. The number of hydrogen-bond acceptors (Lipinski definition) is 2. The van der Waals surface area contributed by atoms with Gasteiger partial charge in [-0.2, -0.15) is 0 Å². The van der Waals surface area contributed by atoms with Gasteiger partial charge >= 0.3 is 0 Å². The summed E-state index contributed by atoms with van der Waals surface area (Å²) in [6.45, 7) is 6.31. The molecule has 2 heteroatoms. The van der Waals surface area contributed by atoms with Crippen molar-refractivity contribution in [3.8, 4) is 0 Å². The zero-order chi connectivity index (χ0) is 26.0. The maximum Gasteiger partial charge on any atom is 0.233 e. The van der Waals surface area contributed by atoms with Crippen LogP contribution in [0.2, 0.25) is 0 Å². The molecule has 0 saturated heterocycles. The highest BCUT2D eigenvalue weighted by Gasteiger charge is 2.21. The molecule has 0 aliphatic carbocycles. The normalized spacial score (nSPS) is 11.1. The number of carbonyl (C=O) groups excluding carboxylic acids is 2. The van der Waals surface area contributed by atoms with E-state index in [9.17, 15) is 9.59 Å². The third-order valence-electron chi connectivity index (χ3n) is 7.33. The number of rotatable bonds is 20. The Morgan fingerprint density at radius 2 is 0.972 bits per heavy atom. The fourth-order valence-electron chi connectivity index (χ4n) is 4.97. The van der Waals surface area contributed by atoms with Gasteiger partial charge in [0, 0.05) is 11.1 Å². The van der Waals surface area contributed by atoms with E-state index in [1.165, 1.54) is 96.3 Å². The Labute approximate surface area is 221 Å². The van der Waals surface area contributed by atoms with Crippen LogP contribution < -0.4 is 0 Å². The molecule has 0 aliphatic rings. The summed E-state index contributed by atoms with van der Waals surface area (Å²) in [4.78, 5) is 25.8. The Kier molecular flexibility index (Phi) is 15.1. The molecule has 0 heterocycles. The predicted octanol–water partition coefficient (Wildman–Crippen LogP) is 10.2. The van der Waals surface area contributed by atoms with Crippen LogP contribution >= 0.6 is 0 Å². The van der Waals surface area contributed by atoms with E-state index in [2.05, 4.69) is 13.0 Å². The largest absolute Gasteiger partial charge is 0.285 e. The monoisotopic (exact) mass is 490 g/mol. The molecule has 0 aliphatic heterocycles. The van der Waals surface area contributed by atoms with Gasteiger partial charge in [-0.25, -0.2) is 0 Å². The molecule has 2 nitrogen and oxygen atoms in total. The lowest BCUT2D eigenvalue weighted by molar-refractivity contribution is 0.0816. The minimum Gasteiger partial charge on any atom is -0.285 e. The van der Waals surface area contributed by atoms with Gasteiger partial charge in [0.25, 0.3) is 0 Å². The van der Waals surface area contributed by atoms with E-state index in [1.807, 2.05) is 38.1 Å². The minimum absolute atomic E-state index is 0.384. The van der Waals surface area contributed by atoms with E-state index in [0.717, 1.165) is 29.5 Å². The molecule has 198 valence electrons. The number of carbonyl (C=O) groups is 2. The summed E-state index contributed by atoms with van der Waals surface area (Å²) in [5, 5.41) is 0. The van der Waals surface area contributed by atoms with Crippen LogP contribution in [0.4, 0.5) is 0 Å². The topological polar surface area (TPSA) is 34.1 Å². The standard InChI is InChI=1S/C34H50O2/c1-4-5-6-7-8-9-10-11-12-13-14-15-16-17-18-19-20-31-27-29(3)23-26-32(31)34(36)33(35)30-24-21-28(2)22-25-30/h21-27H,4-20H2,1-3H3. The highest BCUT2D eigenvalue weighted by atomic mass is 16.2. The average Bonchev–Trinajstić information content (AvgIpc) is 2.88. The van der Waals surface area contributed by atoms with Crippen molar-refractivity contribution in [1.29, 1.82) is 0 Å². The lowest BCUT2D eigenvalue weighted by Gasteiger charge is -2.10. The molecule has 0 unspecified atom stereocenters. The molecule has 0 N–H and O–H groups in total. The summed E-state index contributed by atoms with van der Waals surface area (Å²) >= 11 is 0. The first kappa shape index (κ1) is 30.0. The second-order valence-corrected chi connectivity index (χ2v) is 10.7. The third kappa shape index (κ3) is 11.7. The van der Waals surface area contributed by atoms with E-state index in [0.29, 0.717) is 11.1 Å². The summed E-state index contributed by atoms with van der Waals surface area (Å²) in [6, 6.07) is 13.1. The molecule has 0 bridgehead atoms. The number of hydrogen-bond donors (Lipinski definition) is 0. The summed E-state index contributed by atoms with van der Waals surface area (Å²) < 4.78 is 0. The van der Waals surface area contributed by atoms with Gasteiger partial charge in [0.05, 0.1) is 0 Å². The van der Waals surface area contributed by atoms with Crippen molar-refractivity contribution >= 4 is 11.6 Å². The highest BCUT2D eigenvalue weighted by molar-refractivity contribution is 6.49. The Morgan fingerprint density at radius 3 is 1.47 bits per heavy atom. The van der Waals surface area contributed by atoms with Gasteiger partial charge in [0.2, 0.25) is 11.6 Å². The van der Waals surface area contributed by atoms with Crippen LogP contribution in [0.5, 0.6) is 0 Å². The van der Waals surface area contributed by atoms with Crippen LogP contribution in [-0.4, -0.2) is 11.6 Å². The van der Waals surface area contributed by atoms with Gasteiger partial charge in [-0.15, -0.1) is 0 Å². The quantitative estimate of drug-likeness (QED) is 0.105. The van der Waals surface area contributed by atoms with Crippen molar-refractivity contribution in [2.24, 2.45) is 0 Å². The Bertz CT molecular complexity index is 894. The van der Waals surface area contributed by atoms with Crippen molar-refractivity contribution in [2.75, 3.05) is 0 Å². The maximum absolute atomic E-state index is 13.0. The van der Waals surface area contributed by atoms with Gasteiger partial charge in [-0.1, -0.05) is 157 Å². The Hall–Kier alpha value is -2.22. The molecule has 36 heavy (non-hydrogen) atoms. The van der Waals surface area contributed by atoms with Crippen LogP contribution in [0.25, 0.3) is 0 Å². The molecule has 2 rings (SSSR count). The van der Waals surface area contributed by atoms with Crippen molar-refractivity contribution in [3.05, 3.63) is 70.3 Å². The first-order valence-corrected chi connectivity index (χ1v) is 14.8. The minimum atomic E-state index is -0.410. The molecule has 0 aromatic heterocycles. The van der Waals surface area contributed by atoms with Crippen molar-refractivity contribution in [3.63, 3.8) is 0 Å². The van der Waals surface area contributed by atoms with Crippen molar-refractivity contribution < 1.29 is 9.59 Å². The van der Waals surface area contributed by atoms with Gasteiger partial charge in [0.1, 0.15) is 0 Å². The third-order valence-corrected chi connectivity index (χ3v) is 7.33. The molecule has 0 amide bonds. The zero-order valence-corrected chi connectivity index (χ0v) is 23.4. The first-order chi connectivity index (χ1) is 17.5. The van der Waals surface area contributed by atoms with Crippen LogP contribution in [0, 0.1) is 13.8 Å². The molecular weight excluding hydrogens is 440 g/mol. The van der Waals surface area contributed by atoms with E-state index in [-0.39, 0.29) is 5.78 Å². The van der Waals surface area contributed by atoms with Gasteiger partial charge in [-0.05, 0) is 32.3 Å². The summed E-state index contributed by atoms with van der Waals surface area (Å²) in [5.41, 5.74) is 4.29. The van der Waals surface area contributed by atoms with Gasteiger partial charge in [0.15, 0.2) is 0 Å². The van der Waals surface area contributed by atoms with E-state index >= 15 is 0 Å². The molecule has 0 radical (unpaired) electrons. The molecule has 0 saturated carbocycles. The smallest absolute Gasteiger partial charge is 0.233 e. The molecular formula is C34H50O2. The Morgan fingerprint density at radius 1 is 0.528 bits per heavy atom. The fraction of sp³-hybridized carbons (Fsp3) is 0.588. The van der Waals surface area contributed by atoms with Crippen LogP contribution in [-0.2, 0) is 6.42 Å². The molecule has 0 atom stereocenters. The van der Waals surface area contributed by atoms with E-state index in [4.69, 9.17) is 0 Å². The SMILES string of the molecule is CCCCCCCCCCCCCCCCCCc1cc(C)ccc1C(=O)C(=O)c1ccc(C)cc1. The van der Waals surface area contributed by atoms with Crippen molar-refractivity contribution in [2.45, 2.75) is 130 Å². The first-order valence-electron chi connectivity index (χ1n) is 14.8. The van der Waals surface area contributed by atoms with Gasteiger partial charge in [-0.3, -0.25) is 9.59 Å². The maximum atomic E-state index is 13.0. The zero-order valence-electron chi connectivity index (χ0n) is 23.4.